The van der Waals surface area contributed by atoms with Gasteiger partial charge in [0.1, 0.15) is 0 Å². The molecule has 0 aliphatic carbocycles. The Kier molecular flexibility index (Phi) is 3.59. The Bertz CT molecular complexity index is 808. The molecule has 0 saturated carbocycles. The van der Waals surface area contributed by atoms with Gasteiger partial charge >= 0.3 is 0 Å². The molecular weight excluding hydrogens is 292 g/mol. The second kappa shape index (κ2) is 5.38. The summed E-state index contributed by atoms with van der Waals surface area (Å²) in [5.41, 5.74) is 3.38. The van der Waals surface area contributed by atoms with Crippen molar-refractivity contribution in [1.29, 1.82) is 0 Å². The molecule has 3 aromatic rings. The first-order chi connectivity index (χ1) is 9.72. The van der Waals surface area contributed by atoms with E-state index in [0.717, 1.165) is 21.9 Å². The first-order valence-electron chi connectivity index (χ1n) is 6.33. The number of hydrogen-bond donors (Lipinski definition) is 0. The molecule has 0 amide bonds. The lowest BCUT2D eigenvalue weighted by molar-refractivity contribution is 0.958. The van der Waals surface area contributed by atoms with Gasteiger partial charge in [-0.25, -0.2) is 4.98 Å². The van der Waals surface area contributed by atoms with Crippen molar-refractivity contribution < 1.29 is 0 Å². The van der Waals surface area contributed by atoms with Gasteiger partial charge in [-0.1, -0.05) is 30.3 Å². The summed E-state index contributed by atoms with van der Waals surface area (Å²) in [6.07, 6.45) is 0.548. The number of aryl methyl sites for hydroxylation is 1. The fraction of sp³-hybridized carbons (Fsp3) is 0.200. The van der Waals surface area contributed by atoms with E-state index in [1.807, 2.05) is 42.6 Å². The Morgan fingerprint density at radius 2 is 2.05 bits per heavy atom. The topological polar surface area (TPSA) is 34.4 Å². The number of benzene rings is 1. The molecule has 2 heterocycles. The highest BCUT2D eigenvalue weighted by atomic mass is 35.5. The largest absolute Gasteiger partial charge is 0.269 e. The van der Waals surface area contributed by atoms with Gasteiger partial charge in [-0.3, -0.25) is 9.20 Å². The maximum atomic E-state index is 12.7. The highest BCUT2D eigenvalue weighted by molar-refractivity contribution is 7.15. The lowest BCUT2D eigenvalue weighted by atomic mass is 10.1. The van der Waals surface area contributed by atoms with Crippen molar-refractivity contribution in [3.05, 3.63) is 57.3 Å². The van der Waals surface area contributed by atoms with E-state index in [1.165, 1.54) is 11.3 Å². The number of halogens is 1. The van der Waals surface area contributed by atoms with Gasteiger partial charge in [0.05, 0.1) is 5.69 Å². The van der Waals surface area contributed by atoms with Crippen LogP contribution in [0.1, 0.15) is 11.3 Å². The summed E-state index contributed by atoms with van der Waals surface area (Å²) in [6.45, 7) is 1.87. The molecule has 0 aliphatic rings. The average molecular weight is 305 g/mol. The van der Waals surface area contributed by atoms with E-state index in [2.05, 4.69) is 4.98 Å². The second-order valence-corrected chi connectivity index (χ2v) is 5.74. The standard InChI is InChI=1S/C15H13ClN2OS/c1-10-12(7-8-16)14(19)18-13(9-20-15(18)17-10)11-5-3-2-4-6-11/h2-6,9H,7-8H2,1H3. The highest BCUT2D eigenvalue weighted by Crippen LogP contribution is 2.24. The molecule has 0 spiro atoms. The summed E-state index contributed by atoms with van der Waals surface area (Å²) >= 11 is 7.27. The maximum absolute atomic E-state index is 12.7. The van der Waals surface area contributed by atoms with Gasteiger partial charge in [-0.05, 0) is 18.9 Å². The highest BCUT2D eigenvalue weighted by Gasteiger charge is 2.14. The van der Waals surface area contributed by atoms with Gasteiger partial charge in [0.2, 0.25) is 0 Å². The number of fused-ring (bicyclic) bond motifs is 1. The Morgan fingerprint density at radius 3 is 2.75 bits per heavy atom. The molecule has 20 heavy (non-hydrogen) atoms. The fourth-order valence-corrected chi connectivity index (χ4v) is 3.40. The van der Waals surface area contributed by atoms with Crippen LogP contribution in [0.15, 0.2) is 40.5 Å². The van der Waals surface area contributed by atoms with Crippen molar-refractivity contribution in [2.45, 2.75) is 13.3 Å². The van der Waals surface area contributed by atoms with Crippen LogP contribution in [0.4, 0.5) is 0 Å². The van der Waals surface area contributed by atoms with Crippen LogP contribution >= 0.6 is 22.9 Å². The van der Waals surface area contributed by atoms with E-state index in [1.54, 1.807) is 4.40 Å². The van der Waals surface area contributed by atoms with Crippen LogP contribution in [-0.2, 0) is 6.42 Å². The van der Waals surface area contributed by atoms with Crippen LogP contribution in [0.3, 0.4) is 0 Å². The van der Waals surface area contributed by atoms with Gasteiger partial charge < -0.3 is 0 Å². The third kappa shape index (κ3) is 2.15. The first kappa shape index (κ1) is 13.3. The molecule has 1 aromatic carbocycles. The smallest absolute Gasteiger partial charge is 0.262 e. The van der Waals surface area contributed by atoms with Gasteiger partial charge in [0.15, 0.2) is 4.96 Å². The number of aromatic nitrogens is 2. The zero-order chi connectivity index (χ0) is 14.1. The van der Waals surface area contributed by atoms with Gasteiger partial charge in [0, 0.05) is 22.5 Å². The number of rotatable bonds is 3. The number of hydrogen-bond acceptors (Lipinski definition) is 3. The van der Waals surface area contributed by atoms with Gasteiger partial charge in [-0.15, -0.1) is 22.9 Å². The summed E-state index contributed by atoms with van der Waals surface area (Å²) in [5.74, 6) is 0.425. The number of nitrogens with zero attached hydrogens (tertiary/aromatic N) is 2. The minimum absolute atomic E-state index is 0.00625. The quantitative estimate of drug-likeness (QED) is 0.694. The molecule has 102 valence electrons. The van der Waals surface area contributed by atoms with Crippen LogP contribution in [-0.4, -0.2) is 15.3 Å². The first-order valence-corrected chi connectivity index (χ1v) is 7.75. The molecular formula is C15H13ClN2OS. The second-order valence-electron chi connectivity index (χ2n) is 4.52. The third-order valence-electron chi connectivity index (χ3n) is 3.28. The zero-order valence-electron chi connectivity index (χ0n) is 11.0. The summed E-state index contributed by atoms with van der Waals surface area (Å²) < 4.78 is 1.69. The monoisotopic (exact) mass is 304 g/mol. The van der Waals surface area contributed by atoms with Crippen LogP contribution < -0.4 is 5.56 Å². The van der Waals surface area contributed by atoms with E-state index in [0.29, 0.717) is 17.9 Å². The summed E-state index contributed by atoms with van der Waals surface area (Å²) in [4.78, 5) is 17.9. The minimum atomic E-state index is -0.00625. The van der Waals surface area contributed by atoms with E-state index >= 15 is 0 Å². The molecule has 0 N–H and O–H groups in total. The van der Waals surface area contributed by atoms with Gasteiger partial charge in [0.25, 0.3) is 5.56 Å². The van der Waals surface area contributed by atoms with Crippen LogP contribution in [0, 0.1) is 6.92 Å². The third-order valence-corrected chi connectivity index (χ3v) is 4.30. The molecule has 0 atom stereocenters. The van der Waals surface area contributed by atoms with Crippen LogP contribution in [0.5, 0.6) is 0 Å². The lowest BCUT2D eigenvalue weighted by Gasteiger charge is -2.06. The van der Waals surface area contributed by atoms with E-state index in [4.69, 9.17) is 11.6 Å². The van der Waals surface area contributed by atoms with Crippen molar-refractivity contribution in [3.63, 3.8) is 0 Å². The van der Waals surface area contributed by atoms with E-state index in [-0.39, 0.29) is 5.56 Å². The Hall–Kier alpha value is -1.65. The van der Waals surface area contributed by atoms with Crippen molar-refractivity contribution in [3.8, 4) is 11.3 Å². The van der Waals surface area contributed by atoms with E-state index < -0.39 is 0 Å². The Balaban J connectivity index is 2.32. The molecule has 3 rings (SSSR count). The van der Waals surface area contributed by atoms with Crippen molar-refractivity contribution in [2.24, 2.45) is 0 Å². The zero-order valence-corrected chi connectivity index (χ0v) is 12.5. The predicted molar refractivity (Wildman–Crippen MR) is 83.9 cm³/mol. The molecule has 0 unspecified atom stereocenters. The van der Waals surface area contributed by atoms with Gasteiger partial charge in [-0.2, -0.15) is 0 Å². The molecule has 5 heteroatoms. The van der Waals surface area contributed by atoms with Crippen LogP contribution in [0.25, 0.3) is 16.2 Å². The Labute approximate surface area is 125 Å². The summed E-state index contributed by atoms with van der Waals surface area (Å²) in [5, 5.41) is 1.98. The lowest BCUT2D eigenvalue weighted by Crippen LogP contribution is -2.21. The molecule has 3 nitrogen and oxygen atoms in total. The number of thiazole rings is 1. The molecule has 0 saturated heterocycles. The van der Waals surface area contributed by atoms with Crippen LogP contribution in [0.2, 0.25) is 0 Å². The fourth-order valence-electron chi connectivity index (χ4n) is 2.28. The normalized spacial score (nSPS) is 11.1. The Morgan fingerprint density at radius 1 is 1.30 bits per heavy atom. The average Bonchev–Trinajstić information content (AvgIpc) is 2.88. The summed E-state index contributed by atoms with van der Waals surface area (Å²) in [6, 6.07) is 9.88. The summed E-state index contributed by atoms with van der Waals surface area (Å²) in [7, 11) is 0. The predicted octanol–water partition coefficient (Wildman–Crippen LogP) is 3.51. The number of alkyl halides is 1. The van der Waals surface area contributed by atoms with Crippen molar-refractivity contribution >= 4 is 27.9 Å². The molecule has 0 fully saturated rings. The maximum Gasteiger partial charge on any atom is 0.262 e. The minimum Gasteiger partial charge on any atom is -0.269 e. The molecule has 2 aromatic heterocycles. The molecule has 0 radical (unpaired) electrons. The van der Waals surface area contributed by atoms with Crippen molar-refractivity contribution in [1.82, 2.24) is 9.38 Å². The van der Waals surface area contributed by atoms with E-state index in [9.17, 15) is 4.79 Å². The molecule has 0 aliphatic heterocycles. The van der Waals surface area contributed by atoms with Crippen molar-refractivity contribution in [2.75, 3.05) is 5.88 Å². The molecule has 0 bridgehead atoms. The SMILES string of the molecule is Cc1nc2scc(-c3ccccc3)n2c(=O)c1CCCl.